The molecule has 0 N–H and O–H groups in total. The minimum absolute atomic E-state index is 0.893. The minimum Gasteiger partial charge on any atom is -0.378 e. The molecule has 0 radical (unpaired) electrons. The topological polar surface area (TPSA) is 12.5 Å². The van der Waals surface area contributed by atoms with Crippen LogP contribution in [0.25, 0.3) is 0 Å². The Kier molecular flexibility index (Phi) is 2.89. The minimum atomic E-state index is 0.893. The van der Waals surface area contributed by atoms with Gasteiger partial charge < -0.3 is 9.64 Å². The average Bonchev–Trinajstić information content (AvgIpc) is 2.20. The highest BCUT2D eigenvalue weighted by Gasteiger charge is 2.17. The molecule has 1 fully saturated rings. The van der Waals surface area contributed by atoms with E-state index in [-0.39, 0.29) is 0 Å². The third kappa shape index (κ3) is 2.25. The number of rotatable bonds is 1. The predicted molar refractivity (Wildman–Crippen MR) is 53.5 cm³/mol. The summed E-state index contributed by atoms with van der Waals surface area (Å²) in [4.78, 5) is 2.50. The zero-order valence-electron chi connectivity index (χ0n) is 8.46. The summed E-state index contributed by atoms with van der Waals surface area (Å²) in [5.74, 6) is 0.893. The van der Waals surface area contributed by atoms with Crippen molar-refractivity contribution in [2.45, 2.75) is 26.2 Å². The molecule has 2 nitrogen and oxygen atoms in total. The molecule has 1 aliphatic carbocycles. The fourth-order valence-electron chi connectivity index (χ4n) is 2.09. The van der Waals surface area contributed by atoms with Crippen molar-refractivity contribution in [3.05, 3.63) is 11.8 Å². The quantitative estimate of drug-likeness (QED) is 0.613. The van der Waals surface area contributed by atoms with Crippen LogP contribution in [0.4, 0.5) is 0 Å². The number of morpholine rings is 1. The standard InChI is InChI=1S/C11H19NO/c1-10-2-4-11(5-3-10)12-6-8-13-9-7-12/h4,10H,2-3,5-9H2,1H3/t10-/m1/s1. The van der Waals surface area contributed by atoms with Gasteiger partial charge in [0.05, 0.1) is 13.2 Å². The number of hydrogen-bond acceptors (Lipinski definition) is 2. The Balaban J connectivity index is 1.92. The number of hydrogen-bond donors (Lipinski definition) is 0. The van der Waals surface area contributed by atoms with Gasteiger partial charge in [0.15, 0.2) is 0 Å². The summed E-state index contributed by atoms with van der Waals surface area (Å²) in [7, 11) is 0. The van der Waals surface area contributed by atoms with Crippen molar-refractivity contribution in [2.24, 2.45) is 5.92 Å². The SMILES string of the molecule is C[C@@H]1CC=C(N2CCOCC2)CC1. The molecule has 0 aromatic heterocycles. The second kappa shape index (κ2) is 4.14. The lowest BCUT2D eigenvalue weighted by molar-refractivity contribution is 0.0508. The molecule has 0 spiro atoms. The maximum atomic E-state index is 5.34. The summed E-state index contributed by atoms with van der Waals surface area (Å²) in [5, 5.41) is 0. The second-order valence-corrected chi connectivity index (χ2v) is 4.17. The molecule has 1 heterocycles. The van der Waals surface area contributed by atoms with Crippen LogP contribution in [-0.2, 0) is 4.74 Å². The summed E-state index contributed by atoms with van der Waals surface area (Å²) in [6, 6.07) is 0. The Morgan fingerprint density at radius 2 is 2.15 bits per heavy atom. The van der Waals surface area contributed by atoms with Crippen molar-refractivity contribution in [1.29, 1.82) is 0 Å². The highest BCUT2D eigenvalue weighted by atomic mass is 16.5. The monoisotopic (exact) mass is 181 g/mol. The third-order valence-corrected chi connectivity index (χ3v) is 3.07. The Bertz CT molecular complexity index is 194. The average molecular weight is 181 g/mol. The molecular weight excluding hydrogens is 162 g/mol. The molecular formula is C11H19NO. The van der Waals surface area contributed by atoms with Crippen molar-refractivity contribution in [2.75, 3.05) is 26.3 Å². The van der Waals surface area contributed by atoms with Gasteiger partial charge in [-0.15, -0.1) is 0 Å². The van der Waals surface area contributed by atoms with E-state index in [0.29, 0.717) is 0 Å². The van der Waals surface area contributed by atoms with Crippen LogP contribution in [-0.4, -0.2) is 31.2 Å². The zero-order chi connectivity index (χ0) is 9.10. The molecule has 0 aromatic rings. The van der Waals surface area contributed by atoms with Crippen molar-refractivity contribution in [3.63, 3.8) is 0 Å². The van der Waals surface area contributed by atoms with Gasteiger partial charge in [-0.2, -0.15) is 0 Å². The molecule has 1 atom stereocenters. The fourth-order valence-corrected chi connectivity index (χ4v) is 2.09. The normalized spacial score (nSPS) is 30.1. The van der Waals surface area contributed by atoms with E-state index in [1.54, 1.807) is 5.70 Å². The fraction of sp³-hybridized carbons (Fsp3) is 0.818. The Morgan fingerprint density at radius 1 is 1.38 bits per heavy atom. The van der Waals surface area contributed by atoms with Gasteiger partial charge in [-0.25, -0.2) is 0 Å². The Morgan fingerprint density at radius 3 is 2.77 bits per heavy atom. The first-order chi connectivity index (χ1) is 6.36. The molecule has 0 bridgehead atoms. The lowest BCUT2D eigenvalue weighted by atomic mass is 9.93. The van der Waals surface area contributed by atoms with Crippen molar-refractivity contribution in [1.82, 2.24) is 4.90 Å². The zero-order valence-corrected chi connectivity index (χ0v) is 8.46. The van der Waals surface area contributed by atoms with Crippen LogP contribution in [0.15, 0.2) is 11.8 Å². The van der Waals surface area contributed by atoms with Gasteiger partial charge in [0.25, 0.3) is 0 Å². The van der Waals surface area contributed by atoms with Gasteiger partial charge in [0.2, 0.25) is 0 Å². The third-order valence-electron chi connectivity index (χ3n) is 3.07. The maximum Gasteiger partial charge on any atom is 0.0642 e. The molecule has 2 rings (SSSR count). The molecule has 0 saturated carbocycles. The van der Waals surface area contributed by atoms with E-state index < -0.39 is 0 Å². The van der Waals surface area contributed by atoms with E-state index in [9.17, 15) is 0 Å². The molecule has 0 unspecified atom stereocenters. The van der Waals surface area contributed by atoms with Gasteiger partial charge in [0.1, 0.15) is 0 Å². The van der Waals surface area contributed by atoms with Crippen molar-refractivity contribution < 1.29 is 4.74 Å². The second-order valence-electron chi connectivity index (χ2n) is 4.17. The Hall–Kier alpha value is -0.500. The first-order valence-corrected chi connectivity index (χ1v) is 5.38. The lowest BCUT2D eigenvalue weighted by Gasteiger charge is -2.33. The summed E-state index contributed by atoms with van der Waals surface area (Å²) in [6.07, 6.45) is 6.34. The lowest BCUT2D eigenvalue weighted by Crippen LogP contribution is -2.36. The molecule has 0 aromatic carbocycles. The van der Waals surface area contributed by atoms with Gasteiger partial charge in [-0.3, -0.25) is 0 Å². The molecule has 13 heavy (non-hydrogen) atoms. The predicted octanol–water partition coefficient (Wildman–Crippen LogP) is 2.02. The summed E-state index contributed by atoms with van der Waals surface area (Å²) in [5.41, 5.74) is 1.57. The smallest absolute Gasteiger partial charge is 0.0642 e. The summed E-state index contributed by atoms with van der Waals surface area (Å²) < 4.78 is 5.34. The van der Waals surface area contributed by atoms with Crippen LogP contribution >= 0.6 is 0 Å². The first-order valence-electron chi connectivity index (χ1n) is 5.38. The van der Waals surface area contributed by atoms with Gasteiger partial charge in [-0.05, 0) is 25.2 Å². The van der Waals surface area contributed by atoms with E-state index in [1.807, 2.05) is 0 Å². The molecule has 2 aliphatic rings. The molecule has 0 amide bonds. The van der Waals surface area contributed by atoms with Gasteiger partial charge in [0, 0.05) is 18.8 Å². The van der Waals surface area contributed by atoms with Crippen LogP contribution < -0.4 is 0 Å². The molecule has 2 heteroatoms. The van der Waals surface area contributed by atoms with E-state index in [1.165, 1.54) is 19.3 Å². The van der Waals surface area contributed by atoms with E-state index in [0.717, 1.165) is 32.2 Å². The number of nitrogens with zero attached hydrogens (tertiary/aromatic N) is 1. The van der Waals surface area contributed by atoms with E-state index in [4.69, 9.17) is 4.74 Å². The van der Waals surface area contributed by atoms with Crippen LogP contribution in [0.2, 0.25) is 0 Å². The molecule has 1 aliphatic heterocycles. The van der Waals surface area contributed by atoms with Crippen LogP contribution in [0, 0.1) is 5.92 Å². The first kappa shape index (κ1) is 9.07. The van der Waals surface area contributed by atoms with Crippen LogP contribution in [0.3, 0.4) is 0 Å². The maximum absolute atomic E-state index is 5.34. The Labute approximate surface area is 80.6 Å². The number of allylic oxidation sites excluding steroid dienone is 2. The van der Waals surface area contributed by atoms with E-state index >= 15 is 0 Å². The van der Waals surface area contributed by atoms with Crippen LogP contribution in [0.5, 0.6) is 0 Å². The van der Waals surface area contributed by atoms with Gasteiger partial charge >= 0.3 is 0 Å². The van der Waals surface area contributed by atoms with Crippen molar-refractivity contribution in [3.8, 4) is 0 Å². The molecule has 74 valence electrons. The van der Waals surface area contributed by atoms with Crippen LogP contribution in [0.1, 0.15) is 26.2 Å². The highest BCUT2D eigenvalue weighted by molar-refractivity contribution is 5.05. The van der Waals surface area contributed by atoms with Gasteiger partial charge in [-0.1, -0.05) is 13.0 Å². The van der Waals surface area contributed by atoms with E-state index in [2.05, 4.69) is 17.9 Å². The van der Waals surface area contributed by atoms with Crippen molar-refractivity contribution >= 4 is 0 Å². The summed E-state index contributed by atoms with van der Waals surface area (Å²) >= 11 is 0. The molecule has 1 saturated heterocycles. The largest absolute Gasteiger partial charge is 0.378 e. The highest BCUT2D eigenvalue weighted by Crippen LogP contribution is 2.25. The number of ether oxygens (including phenoxy) is 1. The summed E-state index contributed by atoms with van der Waals surface area (Å²) in [6.45, 7) is 6.35.